The molecule has 78 valence electrons. The highest BCUT2D eigenvalue weighted by molar-refractivity contribution is 9.10. The predicted octanol–water partition coefficient (Wildman–Crippen LogP) is 3.52. The van der Waals surface area contributed by atoms with Gasteiger partial charge in [-0.25, -0.2) is 0 Å². The van der Waals surface area contributed by atoms with E-state index in [2.05, 4.69) is 22.0 Å². The monoisotopic (exact) mass is 265 g/mol. The molecular formula is C12H12BrNO. The van der Waals surface area contributed by atoms with Crippen molar-refractivity contribution in [2.75, 3.05) is 6.61 Å². The van der Waals surface area contributed by atoms with Crippen molar-refractivity contribution in [2.45, 2.75) is 19.3 Å². The number of nitrogens with zero attached hydrogens (tertiary/aromatic N) is 1. The van der Waals surface area contributed by atoms with Crippen LogP contribution in [0.25, 0.3) is 0 Å². The zero-order chi connectivity index (χ0) is 10.7. The quantitative estimate of drug-likeness (QED) is 0.835. The van der Waals surface area contributed by atoms with Crippen molar-refractivity contribution in [1.82, 2.24) is 0 Å². The molecule has 1 aliphatic carbocycles. The Bertz CT molecular complexity index is 376. The second kappa shape index (κ2) is 4.24. The largest absolute Gasteiger partial charge is 0.493 e. The Labute approximate surface area is 98.0 Å². The second-order valence-electron chi connectivity index (χ2n) is 4.08. The number of nitriles is 1. The van der Waals surface area contributed by atoms with E-state index in [0.29, 0.717) is 13.0 Å². The fourth-order valence-electron chi connectivity index (χ4n) is 1.48. The van der Waals surface area contributed by atoms with E-state index in [1.807, 2.05) is 24.3 Å². The minimum atomic E-state index is 0.155. The SMILES string of the molecule is N#CCC1(COc2ccc(Br)cc2)CC1. The third kappa shape index (κ3) is 2.73. The molecule has 1 aromatic rings. The average Bonchev–Trinajstić information content (AvgIpc) is 2.99. The van der Waals surface area contributed by atoms with Crippen LogP contribution in [-0.4, -0.2) is 6.61 Å². The van der Waals surface area contributed by atoms with E-state index in [1.165, 1.54) is 0 Å². The van der Waals surface area contributed by atoms with Gasteiger partial charge in [-0.3, -0.25) is 0 Å². The van der Waals surface area contributed by atoms with Crippen LogP contribution >= 0.6 is 15.9 Å². The first-order valence-corrected chi connectivity index (χ1v) is 5.79. The molecule has 0 aromatic heterocycles. The lowest BCUT2D eigenvalue weighted by molar-refractivity contribution is 0.237. The normalized spacial score (nSPS) is 16.8. The molecule has 0 aliphatic heterocycles. The summed E-state index contributed by atoms with van der Waals surface area (Å²) in [6, 6.07) is 10.0. The molecule has 0 amide bonds. The number of halogens is 1. The molecule has 0 atom stereocenters. The van der Waals surface area contributed by atoms with Crippen molar-refractivity contribution in [2.24, 2.45) is 5.41 Å². The number of ether oxygens (including phenoxy) is 1. The van der Waals surface area contributed by atoms with Crippen LogP contribution in [0.1, 0.15) is 19.3 Å². The van der Waals surface area contributed by atoms with Crippen molar-refractivity contribution < 1.29 is 4.74 Å². The molecule has 2 nitrogen and oxygen atoms in total. The van der Waals surface area contributed by atoms with Gasteiger partial charge in [-0.2, -0.15) is 5.26 Å². The van der Waals surface area contributed by atoms with Crippen molar-refractivity contribution in [3.8, 4) is 11.8 Å². The third-order valence-corrected chi connectivity index (χ3v) is 3.30. The molecule has 0 heterocycles. The van der Waals surface area contributed by atoms with E-state index in [0.717, 1.165) is 23.1 Å². The Kier molecular flexibility index (Phi) is 2.97. The first-order valence-electron chi connectivity index (χ1n) is 4.99. The Hall–Kier alpha value is -1.01. The summed E-state index contributed by atoms with van der Waals surface area (Å²) in [7, 11) is 0. The first-order chi connectivity index (χ1) is 7.24. The van der Waals surface area contributed by atoms with Gasteiger partial charge in [-0.15, -0.1) is 0 Å². The van der Waals surface area contributed by atoms with E-state index in [9.17, 15) is 0 Å². The van der Waals surface area contributed by atoms with Crippen molar-refractivity contribution >= 4 is 15.9 Å². The molecular weight excluding hydrogens is 254 g/mol. The molecule has 15 heavy (non-hydrogen) atoms. The van der Waals surface area contributed by atoms with E-state index in [-0.39, 0.29) is 5.41 Å². The lowest BCUT2D eigenvalue weighted by Crippen LogP contribution is -2.12. The minimum Gasteiger partial charge on any atom is -0.493 e. The molecule has 0 bridgehead atoms. The molecule has 0 spiro atoms. The summed E-state index contributed by atoms with van der Waals surface area (Å²) in [5, 5.41) is 8.66. The first kappa shape index (κ1) is 10.5. The van der Waals surface area contributed by atoms with Gasteiger partial charge in [0, 0.05) is 16.3 Å². The fourth-order valence-corrected chi connectivity index (χ4v) is 1.75. The topological polar surface area (TPSA) is 33.0 Å². The predicted molar refractivity (Wildman–Crippen MR) is 61.5 cm³/mol. The number of hydrogen-bond acceptors (Lipinski definition) is 2. The summed E-state index contributed by atoms with van der Waals surface area (Å²) in [4.78, 5) is 0. The van der Waals surface area contributed by atoms with Crippen LogP contribution in [0.3, 0.4) is 0 Å². The molecule has 0 unspecified atom stereocenters. The van der Waals surface area contributed by atoms with Crippen LogP contribution in [0.5, 0.6) is 5.75 Å². The molecule has 0 radical (unpaired) electrons. The van der Waals surface area contributed by atoms with Gasteiger partial charge in [0.2, 0.25) is 0 Å². The summed E-state index contributed by atoms with van der Waals surface area (Å²) >= 11 is 3.37. The molecule has 2 rings (SSSR count). The smallest absolute Gasteiger partial charge is 0.119 e. The minimum absolute atomic E-state index is 0.155. The Morgan fingerprint density at radius 3 is 2.53 bits per heavy atom. The van der Waals surface area contributed by atoms with Crippen molar-refractivity contribution in [3.05, 3.63) is 28.7 Å². The summed E-state index contributed by atoms with van der Waals surface area (Å²) in [5.41, 5.74) is 0.155. The van der Waals surface area contributed by atoms with E-state index in [1.54, 1.807) is 0 Å². The maximum absolute atomic E-state index is 8.66. The third-order valence-electron chi connectivity index (χ3n) is 2.77. The van der Waals surface area contributed by atoms with Crippen LogP contribution in [-0.2, 0) is 0 Å². The molecule has 1 saturated carbocycles. The lowest BCUT2D eigenvalue weighted by atomic mass is 10.1. The van der Waals surface area contributed by atoms with Gasteiger partial charge >= 0.3 is 0 Å². The summed E-state index contributed by atoms with van der Waals surface area (Å²) in [6.45, 7) is 0.669. The molecule has 0 N–H and O–H groups in total. The van der Waals surface area contributed by atoms with Crippen LogP contribution in [0.4, 0.5) is 0 Å². The van der Waals surface area contributed by atoms with Gasteiger partial charge in [0.25, 0.3) is 0 Å². The standard InChI is InChI=1S/C12H12BrNO/c13-10-1-3-11(4-2-10)15-9-12(5-6-12)7-8-14/h1-4H,5-7,9H2. The van der Waals surface area contributed by atoms with Crippen LogP contribution < -0.4 is 4.74 Å². The summed E-state index contributed by atoms with van der Waals surface area (Å²) < 4.78 is 6.72. The Morgan fingerprint density at radius 1 is 1.33 bits per heavy atom. The van der Waals surface area contributed by atoms with Gasteiger partial charge in [0.15, 0.2) is 0 Å². The van der Waals surface area contributed by atoms with Gasteiger partial charge in [0.1, 0.15) is 5.75 Å². The summed E-state index contributed by atoms with van der Waals surface area (Å²) in [5.74, 6) is 0.877. The highest BCUT2D eigenvalue weighted by Crippen LogP contribution is 2.48. The maximum Gasteiger partial charge on any atom is 0.119 e. The molecule has 0 saturated heterocycles. The van der Waals surface area contributed by atoms with Crippen molar-refractivity contribution in [1.29, 1.82) is 5.26 Å². The highest BCUT2D eigenvalue weighted by atomic mass is 79.9. The second-order valence-corrected chi connectivity index (χ2v) is 4.99. The number of benzene rings is 1. The molecule has 1 aliphatic rings. The molecule has 1 fully saturated rings. The summed E-state index contributed by atoms with van der Waals surface area (Å²) in [6.07, 6.45) is 2.86. The number of hydrogen-bond donors (Lipinski definition) is 0. The van der Waals surface area contributed by atoms with Gasteiger partial charge in [-0.05, 0) is 37.1 Å². The Balaban J connectivity index is 1.88. The Morgan fingerprint density at radius 2 is 2.00 bits per heavy atom. The fraction of sp³-hybridized carbons (Fsp3) is 0.417. The van der Waals surface area contributed by atoms with Crippen LogP contribution in [0.2, 0.25) is 0 Å². The zero-order valence-electron chi connectivity index (χ0n) is 8.37. The van der Waals surface area contributed by atoms with E-state index >= 15 is 0 Å². The van der Waals surface area contributed by atoms with Crippen LogP contribution in [0.15, 0.2) is 28.7 Å². The average molecular weight is 266 g/mol. The van der Waals surface area contributed by atoms with Crippen LogP contribution in [0, 0.1) is 16.7 Å². The molecule has 3 heteroatoms. The van der Waals surface area contributed by atoms with E-state index in [4.69, 9.17) is 10.00 Å². The number of rotatable bonds is 4. The molecule has 1 aromatic carbocycles. The zero-order valence-corrected chi connectivity index (χ0v) is 9.96. The van der Waals surface area contributed by atoms with Crippen molar-refractivity contribution in [3.63, 3.8) is 0 Å². The van der Waals surface area contributed by atoms with E-state index < -0.39 is 0 Å². The van der Waals surface area contributed by atoms with Gasteiger partial charge in [-0.1, -0.05) is 15.9 Å². The lowest BCUT2D eigenvalue weighted by Gasteiger charge is -2.12. The highest BCUT2D eigenvalue weighted by Gasteiger charge is 2.43. The maximum atomic E-state index is 8.66. The van der Waals surface area contributed by atoms with Gasteiger partial charge in [0.05, 0.1) is 12.7 Å². The van der Waals surface area contributed by atoms with Gasteiger partial charge < -0.3 is 4.74 Å².